The maximum absolute atomic E-state index is 2.42. The van der Waals surface area contributed by atoms with Crippen molar-refractivity contribution in [3.8, 4) is 0 Å². The standard InChI is InChI=1S/C12H19NS/c1-4-13(5-2)10-14-12-8-6-7-11(3)9-12/h6-9H,4-5,10H2,1-3H3. The van der Waals surface area contributed by atoms with E-state index in [0.717, 1.165) is 19.0 Å². The number of thioether (sulfide) groups is 1. The Bertz CT molecular complexity index is 269. The number of hydrogen-bond acceptors (Lipinski definition) is 2. The molecule has 2 heteroatoms. The molecule has 0 saturated carbocycles. The summed E-state index contributed by atoms with van der Waals surface area (Å²) in [4.78, 5) is 3.80. The van der Waals surface area contributed by atoms with Crippen LogP contribution in [0.3, 0.4) is 0 Å². The second-order valence-electron chi connectivity index (χ2n) is 3.39. The van der Waals surface area contributed by atoms with Crippen molar-refractivity contribution in [2.75, 3.05) is 19.0 Å². The highest BCUT2D eigenvalue weighted by atomic mass is 32.2. The third-order valence-electron chi connectivity index (χ3n) is 2.30. The van der Waals surface area contributed by atoms with E-state index < -0.39 is 0 Å². The van der Waals surface area contributed by atoms with Gasteiger partial charge in [0.15, 0.2) is 0 Å². The summed E-state index contributed by atoms with van der Waals surface area (Å²) in [6.07, 6.45) is 0. The highest BCUT2D eigenvalue weighted by Crippen LogP contribution is 2.19. The Balaban J connectivity index is 2.44. The molecule has 78 valence electrons. The molecule has 1 aromatic rings. The Morgan fingerprint density at radius 1 is 1.21 bits per heavy atom. The first-order valence-corrected chi connectivity index (χ1v) is 6.16. The van der Waals surface area contributed by atoms with Gasteiger partial charge in [0.1, 0.15) is 0 Å². The van der Waals surface area contributed by atoms with Gasteiger partial charge in [0.2, 0.25) is 0 Å². The molecule has 0 bridgehead atoms. The van der Waals surface area contributed by atoms with E-state index in [1.54, 1.807) is 0 Å². The van der Waals surface area contributed by atoms with Gasteiger partial charge in [-0.25, -0.2) is 0 Å². The average Bonchev–Trinajstić information content (AvgIpc) is 2.19. The molecule has 0 saturated heterocycles. The van der Waals surface area contributed by atoms with Crippen molar-refractivity contribution in [2.24, 2.45) is 0 Å². The minimum Gasteiger partial charge on any atom is -0.294 e. The van der Waals surface area contributed by atoms with Gasteiger partial charge in [-0.15, -0.1) is 11.8 Å². The lowest BCUT2D eigenvalue weighted by Gasteiger charge is -2.17. The molecule has 1 aromatic carbocycles. The number of nitrogens with zero attached hydrogens (tertiary/aromatic N) is 1. The minimum atomic E-state index is 1.09. The maximum Gasteiger partial charge on any atom is 0.0491 e. The van der Waals surface area contributed by atoms with Gasteiger partial charge >= 0.3 is 0 Å². The Hall–Kier alpha value is -0.470. The summed E-state index contributed by atoms with van der Waals surface area (Å²) in [6.45, 7) is 8.83. The molecule has 0 aliphatic heterocycles. The smallest absolute Gasteiger partial charge is 0.0491 e. The molecule has 0 atom stereocenters. The van der Waals surface area contributed by atoms with Gasteiger partial charge in [0.25, 0.3) is 0 Å². The SMILES string of the molecule is CCN(CC)CSc1cccc(C)c1. The zero-order valence-corrected chi connectivity index (χ0v) is 10.1. The zero-order chi connectivity index (χ0) is 10.4. The first kappa shape index (κ1) is 11.6. The van der Waals surface area contributed by atoms with Gasteiger partial charge in [0.05, 0.1) is 0 Å². The van der Waals surface area contributed by atoms with E-state index >= 15 is 0 Å². The summed E-state index contributed by atoms with van der Waals surface area (Å²) in [5, 5.41) is 0. The quantitative estimate of drug-likeness (QED) is 0.540. The molecule has 0 N–H and O–H groups in total. The van der Waals surface area contributed by atoms with Crippen LogP contribution in [0.4, 0.5) is 0 Å². The third-order valence-corrected chi connectivity index (χ3v) is 3.38. The molecule has 14 heavy (non-hydrogen) atoms. The van der Waals surface area contributed by atoms with Crippen LogP contribution in [0.1, 0.15) is 19.4 Å². The molecule has 0 fully saturated rings. The van der Waals surface area contributed by atoms with E-state index in [2.05, 4.69) is 49.9 Å². The number of rotatable bonds is 5. The van der Waals surface area contributed by atoms with Crippen LogP contribution in [-0.4, -0.2) is 23.9 Å². The predicted molar refractivity (Wildman–Crippen MR) is 64.8 cm³/mol. The van der Waals surface area contributed by atoms with E-state index in [0.29, 0.717) is 0 Å². The summed E-state index contributed by atoms with van der Waals surface area (Å²) in [5.74, 6) is 1.09. The van der Waals surface area contributed by atoms with Gasteiger partial charge in [0, 0.05) is 10.8 Å². The summed E-state index contributed by atoms with van der Waals surface area (Å²) in [6, 6.07) is 8.69. The van der Waals surface area contributed by atoms with Gasteiger partial charge in [-0.2, -0.15) is 0 Å². The van der Waals surface area contributed by atoms with Gasteiger partial charge in [-0.05, 0) is 32.1 Å². The van der Waals surface area contributed by atoms with Crippen LogP contribution in [-0.2, 0) is 0 Å². The van der Waals surface area contributed by atoms with Crippen LogP contribution >= 0.6 is 11.8 Å². The highest BCUT2D eigenvalue weighted by molar-refractivity contribution is 7.99. The molecule has 0 radical (unpaired) electrons. The second kappa shape index (κ2) is 6.10. The number of aryl methyl sites for hydroxylation is 1. The number of benzene rings is 1. The fourth-order valence-electron chi connectivity index (χ4n) is 1.28. The van der Waals surface area contributed by atoms with Crippen molar-refractivity contribution in [3.05, 3.63) is 29.8 Å². The van der Waals surface area contributed by atoms with E-state index in [4.69, 9.17) is 0 Å². The van der Waals surface area contributed by atoms with Crippen LogP contribution in [0.15, 0.2) is 29.2 Å². The lowest BCUT2D eigenvalue weighted by atomic mass is 10.2. The topological polar surface area (TPSA) is 3.24 Å². The fraction of sp³-hybridized carbons (Fsp3) is 0.500. The summed E-state index contributed by atoms with van der Waals surface area (Å²) in [7, 11) is 0. The van der Waals surface area contributed by atoms with E-state index in [-0.39, 0.29) is 0 Å². The van der Waals surface area contributed by atoms with Crippen molar-refractivity contribution in [1.29, 1.82) is 0 Å². The third kappa shape index (κ3) is 3.72. The van der Waals surface area contributed by atoms with Gasteiger partial charge in [-0.1, -0.05) is 31.5 Å². The summed E-state index contributed by atoms with van der Waals surface area (Å²) >= 11 is 1.92. The molecule has 0 aliphatic carbocycles. The van der Waals surface area contributed by atoms with E-state index in [9.17, 15) is 0 Å². The molecule has 0 spiro atoms. The van der Waals surface area contributed by atoms with Crippen LogP contribution in [0.2, 0.25) is 0 Å². The van der Waals surface area contributed by atoms with Crippen LogP contribution in [0.25, 0.3) is 0 Å². The van der Waals surface area contributed by atoms with Crippen molar-refractivity contribution in [1.82, 2.24) is 4.90 Å². The Morgan fingerprint density at radius 3 is 2.50 bits per heavy atom. The zero-order valence-electron chi connectivity index (χ0n) is 9.29. The van der Waals surface area contributed by atoms with Crippen LogP contribution in [0.5, 0.6) is 0 Å². The van der Waals surface area contributed by atoms with Crippen molar-refractivity contribution in [2.45, 2.75) is 25.7 Å². The molecule has 0 aliphatic rings. The van der Waals surface area contributed by atoms with E-state index in [1.807, 2.05) is 11.8 Å². The van der Waals surface area contributed by atoms with Gasteiger partial charge < -0.3 is 0 Å². The molecule has 0 aromatic heterocycles. The Kier molecular flexibility index (Phi) is 5.05. The molecular formula is C12H19NS. The van der Waals surface area contributed by atoms with Crippen LogP contribution in [0, 0.1) is 6.92 Å². The molecule has 0 amide bonds. The van der Waals surface area contributed by atoms with Gasteiger partial charge in [-0.3, -0.25) is 4.90 Å². The minimum absolute atomic E-state index is 1.09. The molecule has 0 unspecified atom stereocenters. The Labute approximate surface area is 91.5 Å². The number of hydrogen-bond donors (Lipinski definition) is 0. The predicted octanol–water partition coefficient (Wildman–Crippen LogP) is 3.39. The fourth-order valence-corrected chi connectivity index (χ4v) is 2.42. The average molecular weight is 209 g/mol. The second-order valence-corrected chi connectivity index (χ2v) is 4.41. The normalized spacial score (nSPS) is 10.9. The highest BCUT2D eigenvalue weighted by Gasteiger charge is 1.99. The lowest BCUT2D eigenvalue weighted by Crippen LogP contribution is -2.21. The monoisotopic (exact) mass is 209 g/mol. The van der Waals surface area contributed by atoms with Crippen molar-refractivity contribution < 1.29 is 0 Å². The summed E-state index contributed by atoms with van der Waals surface area (Å²) < 4.78 is 0. The van der Waals surface area contributed by atoms with Crippen molar-refractivity contribution >= 4 is 11.8 Å². The van der Waals surface area contributed by atoms with Crippen molar-refractivity contribution in [3.63, 3.8) is 0 Å². The largest absolute Gasteiger partial charge is 0.294 e. The Morgan fingerprint density at radius 2 is 1.93 bits per heavy atom. The van der Waals surface area contributed by atoms with E-state index in [1.165, 1.54) is 10.5 Å². The first-order chi connectivity index (χ1) is 6.76. The molecule has 1 nitrogen and oxygen atoms in total. The molecule has 0 heterocycles. The van der Waals surface area contributed by atoms with Crippen LogP contribution < -0.4 is 0 Å². The first-order valence-electron chi connectivity index (χ1n) is 5.18. The molecular weight excluding hydrogens is 190 g/mol. The lowest BCUT2D eigenvalue weighted by molar-refractivity contribution is 0.358. The summed E-state index contributed by atoms with van der Waals surface area (Å²) in [5.41, 5.74) is 1.34. The maximum atomic E-state index is 2.42. The molecule has 1 rings (SSSR count).